The molecule has 1 atom stereocenters. The molecule has 3 N–H and O–H groups in total. The largest absolute Gasteiger partial charge is 0.467 e. The molecule has 0 aliphatic rings. The predicted octanol–water partition coefficient (Wildman–Crippen LogP) is 1.10. The molecular weight excluding hydrogens is 263 g/mol. The number of ether oxygens (including phenoxy) is 1. The molecule has 1 amide bonds. The van der Waals surface area contributed by atoms with Crippen LogP contribution in [0.4, 0.5) is 13.2 Å². The Labute approximate surface area is 108 Å². The van der Waals surface area contributed by atoms with Gasteiger partial charge in [-0.2, -0.15) is 13.2 Å². The molecule has 106 valence electrons. The van der Waals surface area contributed by atoms with Crippen molar-refractivity contribution in [1.29, 1.82) is 0 Å². The van der Waals surface area contributed by atoms with Gasteiger partial charge < -0.3 is 15.8 Å². The standard InChI is InChI=1S/C11H14F3N3O2/c1-7(5-15)17-9(18)8-3-2-4-16-10(8)19-6-11(12,13)14/h2-4,7H,5-6,15H2,1H3,(H,17,18)/t7-/m0/s1. The van der Waals surface area contributed by atoms with Gasteiger partial charge in [-0.25, -0.2) is 4.98 Å². The third-order valence-electron chi connectivity index (χ3n) is 2.12. The molecule has 0 aliphatic carbocycles. The molecule has 1 rings (SSSR count). The highest BCUT2D eigenvalue weighted by molar-refractivity contribution is 5.96. The second kappa shape index (κ2) is 6.37. The summed E-state index contributed by atoms with van der Waals surface area (Å²) in [5.74, 6) is -0.940. The van der Waals surface area contributed by atoms with Crippen LogP contribution in [0.1, 0.15) is 17.3 Å². The molecule has 1 heterocycles. The summed E-state index contributed by atoms with van der Waals surface area (Å²) in [5, 5.41) is 2.52. The van der Waals surface area contributed by atoms with Gasteiger partial charge in [-0.3, -0.25) is 4.79 Å². The number of hydrogen-bond donors (Lipinski definition) is 2. The van der Waals surface area contributed by atoms with Crippen LogP contribution in [-0.4, -0.2) is 36.3 Å². The fraction of sp³-hybridized carbons (Fsp3) is 0.455. The maximum Gasteiger partial charge on any atom is 0.422 e. The first-order chi connectivity index (χ1) is 8.83. The van der Waals surface area contributed by atoms with Crippen LogP contribution in [0.5, 0.6) is 5.88 Å². The molecular formula is C11H14F3N3O2. The Morgan fingerprint density at radius 1 is 1.58 bits per heavy atom. The maximum absolute atomic E-state index is 12.1. The Bertz CT molecular complexity index is 437. The number of nitrogens with one attached hydrogen (secondary N) is 1. The van der Waals surface area contributed by atoms with E-state index in [0.717, 1.165) is 0 Å². The Kier molecular flexibility index (Phi) is 5.11. The minimum absolute atomic E-state index is 0.0629. The normalized spacial score (nSPS) is 12.9. The number of pyridine rings is 1. The Morgan fingerprint density at radius 3 is 2.84 bits per heavy atom. The zero-order valence-electron chi connectivity index (χ0n) is 10.2. The summed E-state index contributed by atoms with van der Waals surface area (Å²) in [5.41, 5.74) is 5.28. The minimum atomic E-state index is -4.49. The lowest BCUT2D eigenvalue weighted by molar-refractivity contribution is -0.154. The molecule has 0 bridgehead atoms. The van der Waals surface area contributed by atoms with Crippen molar-refractivity contribution in [3.63, 3.8) is 0 Å². The van der Waals surface area contributed by atoms with E-state index in [0.29, 0.717) is 0 Å². The summed E-state index contributed by atoms with van der Waals surface area (Å²) in [4.78, 5) is 15.4. The van der Waals surface area contributed by atoms with E-state index in [1.807, 2.05) is 0 Å². The molecule has 0 radical (unpaired) electrons. The van der Waals surface area contributed by atoms with Crippen LogP contribution < -0.4 is 15.8 Å². The van der Waals surface area contributed by atoms with Crippen molar-refractivity contribution < 1.29 is 22.7 Å². The monoisotopic (exact) mass is 277 g/mol. The second-order valence-electron chi connectivity index (χ2n) is 3.87. The average molecular weight is 277 g/mol. The number of nitrogens with two attached hydrogens (primary N) is 1. The lowest BCUT2D eigenvalue weighted by Crippen LogP contribution is -2.38. The minimum Gasteiger partial charge on any atom is -0.467 e. The van der Waals surface area contributed by atoms with Crippen molar-refractivity contribution in [3.8, 4) is 5.88 Å². The molecule has 0 saturated carbocycles. The van der Waals surface area contributed by atoms with Crippen LogP contribution >= 0.6 is 0 Å². The molecule has 0 aromatic carbocycles. The Hall–Kier alpha value is -1.83. The van der Waals surface area contributed by atoms with E-state index in [2.05, 4.69) is 15.0 Å². The third-order valence-corrected chi connectivity index (χ3v) is 2.12. The highest BCUT2D eigenvalue weighted by Gasteiger charge is 2.29. The van der Waals surface area contributed by atoms with E-state index in [4.69, 9.17) is 5.73 Å². The molecule has 0 fully saturated rings. The topological polar surface area (TPSA) is 77.2 Å². The first kappa shape index (κ1) is 15.2. The third kappa shape index (κ3) is 5.12. The SMILES string of the molecule is C[C@@H](CN)NC(=O)c1cccnc1OCC(F)(F)F. The average Bonchev–Trinajstić information content (AvgIpc) is 2.35. The number of aromatic nitrogens is 1. The molecule has 1 aromatic rings. The van der Waals surface area contributed by atoms with Crippen LogP contribution in [0.2, 0.25) is 0 Å². The van der Waals surface area contributed by atoms with Crippen molar-refractivity contribution in [1.82, 2.24) is 10.3 Å². The number of nitrogens with zero attached hydrogens (tertiary/aromatic N) is 1. The van der Waals surface area contributed by atoms with Crippen molar-refractivity contribution in [2.45, 2.75) is 19.1 Å². The number of rotatable bonds is 5. The second-order valence-corrected chi connectivity index (χ2v) is 3.87. The highest BCUT2D eigenvalue weighted by Crippen LogP contribution is 2.19. The van der Waals surface area contributed by atoms with Gasteiger partial charge in [0.1, 0.15) is 5.56 Å². The maximum atomic E-state index is 12.1. The smallest absolute Gasteiger partial charge is 0.422 e. The zero-order valence-corrected chi connectivity index (χ0v) is 10.2. The Morgan fingerprint density at radius 2 is 2.26 bits per heavy atom. The number of amides is 1. The molecule has 19 heavy (non-hydrogen) atoms. The van der Waals surface area contributed by atoms with Crippen LogP contribution in [0.15, 0.2) is 18.3 Å². The van der Waals surface area contributed by atoms with Crippen molar-refractivity contribution in [3.05, 3.63) is 23.9 Å². The predicted molar refractivity (Wildman–Crippen MR) is 61.8 cm³/mol. The van der Waals surface area contributed by atoms with Gasteiger partial charge in [0.25, 0.3) is 5.91 Å². The summed E-state index contributed by atoms with van der Waals surface area (Å²) in [6, 6.07) is 2.46. The highest BCUT2D eigenvalue weighted by atomic mass is 19.4. The summed E-state index contributed by atoms with van der Waals surface area (Å²) in [7, 11) is 0. The van der Waals surface area contributed by atoms with Crippen LogP contribution in [-0.2, 0) is 0 Å². The van der Waals surface area contributed by atoms with Gasteiger partial charge in [0.05, 0.1) is 0 Å². The van der Waals surface area contributed by atoms with Crippen molar-refractivity contribution >= 4 is 5.91 Å². The van der Waals surface area contributed by atoms with Gasteiger partial charge in [0.2, 0.25) is 5.88 Å². The van der Waals surface area contributed by atoms with E-state index in [1.165, 1.54) is 18.3 Å². The van der Waals surface area contributed by atoms with Gasteiger partial charge >= 0.3 is 6.18 Å². The molecule has 0 saturated heterocycles. The van der Waals surface area contributed by atoms with Gasteiger partial charge in [-0.05, 0) is 19.1 Å². The van der Waals surface area contributed by atoms with Crippen molar-refractivity contribution in [2.24, 2.45) is 5.73 Å². The van der Waals surface area contributed by atoms with Crippen molar-refractivity contribution in [2.75, 3.05) is 13.2 Å². The molecule has 1 aromatic heterocycles. The van der Waals surface area contributed by atoms with Gasteiger partial charge in [-0.15, -0.1) is 0 Å². The first-order valence-corrected chi connectivity index (χ1v) is 5.49. The van der Waals surface area contributed by atoms with Gasteiger partial charge in [0, 0.05) is 18.8 Å². The summed E-state index contributed by atoms with van der Waals surface area (Å²) >= 11 is 0. The summed E-state index contributed by atoms with van der Waals surface area (Å²) in [6.45, 7) is 0.381. The van der Waals surface area contributed by atoms with Crippen LogP contribution in [0.25, 0.3) is 0 Å². The first-order valence-electron chi connectivity index (χ1n) is 5.49. The number of alkyl halides is 3. The van der Waals surface area contributed by atoms with Gasteiger partial charge in [0.15, 0.2) is 6.61 Å². The lowest BCUT2D eigenvalue weighted by Gasteiger charge is -2.14. The molecule has 0 unspecified atom stereocenters. The summed E-state index contributed by atoms with van der Waals surface area (Å²) in [6.07, 6.45) is -3.25. The van der Waals surface area contributed by atoms with Gasteiger partial charge in [-0.1, -0.05) is 0 Å². The van der Waals surface area contributed by atoms with E-state index >= 15 is 0 Å². The number of carbonyl (C=O) groups is 1. The van der Waals surface area contributed by atoms with Crippen LogP contribution in [0.3, 0.4) is 0 Å². The lowest BCUT2D eigenvalue weighted by atomic mass is 10.2. The van der Waals surface area contributed by atoms with E-state index in [-0.39, 0.29) is 24.0 Å². The summed E-state index contributed by atoms with van der Waals surface area (Å²) < 4.78 is 40.7. The molecule has 8 heteroatoms. The number of hydrogen-bond acceptors (Lipinski definition) is 4. The fourth-order valence-corrected chi connectivity index (χ4v) is 1.19. The quantitative estimate of drug-likeness (QED) is 0.845. The van der Waals surface area contributed by atoms with E-state index in [1.54, 1.807) is 6.92 Å². The Balaban J connectivity index is 2.80. The fourth-order valence-electron chi connectivity index (χ4n) is 1.19. The molecule has 5 nitrogen and oxygen atoms in total. The van der Waals surface area contributed by atoms with E-state index < -0.39 is 18.7 Å². The van der Waals surface area contributed by atoms with Crippen LogP contribution in [0, 0.1) is 0 Å². The number of carbonyl (C=O) groups excluding carboxylic acids is 1. The number of halogens is 3. The molecule has 0 spiro atoms. The zero-order chi connectivity index (χ0) is 14.5. The molecule has 0 aliphatic heterocycles. The van der Waals surface area contributed by atoms with E-state index in [9.17, 15) is 18.0 Å².